The van der Waals surface area contributed by atoms with Gasteiger partial charge in [-0.15, -0.1) is 5.10 Å². The SMILES string of the molecule is C[Si](C)(C)CCOCn1nc(C(=O)[O-])nc1Cl.[K+]. The third-order valence-electron chi connectivity index (χ3n) is 2.02. The number of carboxylic acids is 1. The van der Waals surface area contributed by atoms with Crippen molar-refractivity contribution in [2.45, 2.75) is 32.4 Å². The predicted octanol–water partition coefficient (Wildman–Crippen LogP) is -2.39. The van der Waals surface area contributed by atoms with E-state index >= 15 is 0 Å². The summed E-state index contributed by atoms with van der Waals surface area (Å²) in [5.41, 5.74) is 0. The molecule has 9 heteroatoms. The van der Waals surface area contributed by atoms with E-state index in [4.69, 9.17) is 16.3 Å². The molecule has 96 valence electrons. The van der Waals surface area contributed by atoms with Crippen LogP contribution in [0, 0.1) is 0 Å². The first-order chi connectivity index (χ1) is 7.79. The van der Waals surface area contributed by atoms with Crippen molar-refractivity contribution in [3.8, 4) is 0 Å². The van der Waals surface area contributed by atoms with Gasteiger partial charge in [0.25, 0.3) is 0 Å². The third kappa shape index (κ3) is 6.76. The van der Waals surface area contributed by atoms with Gasteiger partial charge in [-0.25, -0.2) is 4.68 Å². The maximum absolute atomic E-state index is 10.5. The molecule has 0 aromatic carbocycles. The van der Waals surface area contributed by atoms with Gasteiger partial charge in [0.15, 0.2) is 5.82 Å². The fourth-order valence-electron chi connectivity index (χ4n) is 1.02. The first kappa shape index (κ1) is 18.7. The van der Waals surface area contributed by atoms with Gasteiger partial charge in [0.05, 0.1) is 0 Å². The second-order valence-corrected chi connectivity index (χ2v) is 10.8. The second-order valence-electron chi connectivity index (χ2n) is 4.84. The summed E-state index contributed by atoms with van der Waals surface area (Å²) in [6.07, 6.45) is 0. The maximum Gasteiger partial charge on any atom is 1.00 e. The number of ether oxygens (including phenoxy) is 1. The summed E-state index contributed by atoms with van der Waals surface area (Å²) >= 11 is 5.68. The van der Waals surface area contributed by atoms with Gasteiger partial charge in [-0.2, -0.15) is 4.98 Å². The van der Waals surface area contributed by atoms with E-state index in [9.17, 15) is 9.90 Å². The quantitative estimate of drug-likeness (QED) is 0.432. The standard InChI is InChI=1S/C9H16ClN3O3Si.K/c1-17(2,3)5-4-16-6-13-9(10)11-7(12-13)8(14)15;/h4-6H2,1-3H3,(H,14,15);/q;+1/p-1. The fourth-order valence-corrected chi connectivity index (χ4v) is 1.94. The van der Waals surface area contributed by atoms with Crippen molar-refractivity contribution in [2.75, 3.05) is 6.61 Å². The number of nitrogens with zero attached hydrogens (tertiary/aromatic N) is 3. The number of carbonyl (C=O) groups excluding carboxylic acids is 1. The number of aromatic carboxylic acids is 1. The number of hydrogen-bond acceptors (Lipinski definition) is 5. The summed E-state index contributed by atoms with van der Waals surface area (Å²) in [6, 6.07) is 1.02. The largest absolute Gasteiger partial charge is 1.00 e. The molecule has 0 spiro atoms. The van der Waals surface area contributed by atoms with Crippen LogP contribution >= 0.6 is 11.6 Å². The van der Waals surface area contributed by atoms with Gasteiger partial charge in [-0.05, 0) is 17.6 Å². The van der Waals surface area contributed by atoms with Crippen LogP contribution in [0.1, 0.15) is 10.6 Å². The van der Waals surface area contributed by atoms with Gasteiger partial charge >= 0.3 is 51.4 Å². The average Bonchev–Trinajstić information content (AvgIpc) is 2.54. The smallest absolute Gasteiger partial charge is 0.541 e. The molecule has 1 aromatic rings. The minimum Gasteiger partial charge on any atom is -0.541 e. The number of rotatable bonds is 6. The van der Waals surface area contributed by atoms with Gasteiger partial charge in [-0.3, -0.25) is 0 Å². The van der Waals surface area contributed by atoms with Crippen LogP contribution in [0.25, 0.3) is 0 Å². The van der Waals surface area contributed by atoms with E-state index in [1.54, 1.807) is 0 Å². The molecule has 0 aliphatic rings. The Morgan fingerprint density at radius 3 is 2.56 bits per heavy atom. The Labute approximate surface area is 154 Å². The Hall–Kier alpha value is 0.713. The third-order valence-corrected chi connectivity index (χ3v) is 4.00. The maximum atomic E-state index is 10.5. The normalized spacial score (nSPS) is 11.1. The monoisotopic (exact) mass is 315 g/mol. The molecular weight excluding hydrogens is 301 g/mol. The molecule has 1 heterocycles. The van der Waals surface area contributed by atoms with Crippen LogP contribution in [0.3, 0.4) is 0 Å². The molecule has 0 fully saturated rings. The molecule has 0 bridgehead atoms. The summed E-state index contributed by atoms with van der Waals surface area (Å²) in [5, 5.41) is 14.1. The number of halogens is 1. The summed E-state index contributed by atoms with van der Waals surface area (Å²) in [7, 11) is -1.13. The molecule has 0 amide bonds. The first-order valence-corrected chi connectivity index (χ1v) is 9.27. The van der Waals surface area contributed by atoms with E-state index in [0.29, 0.717) is 6.61 Å². The van der Waals surface area contributed by atoms with Crippen LogP contribution < -0.4 is 56.5 Å². The Kier molecular flexibility index (Phi) is 8.42. The summed E-state index contributed by atoms with van der Waals surface area (Å²) in [4.78, 5) is 14.0. The van der Waals surface area contributed by atoms with Crippen molar-refractivity contribution in [3.63, 3.8) is 0 Å². The van der Waals surface area contributed by atoms with Gasteiger partial charge < -0.3 is 14.6 Å². The molecular formula is C9H15ClKN3O3Si. The van der Waals surface area contributed by atoms with Crippen molar-refractivity contribution in [3.05, 3.63) is 11.1 Å². The Morgan fingerprint density at radius 2 is 2.11 bits per heavy atom. The van der Waals surface area contributed by atoms with Crippen LogP contribution in [0.2, 0.25) is 31.0 Å². The zero-order valence-corrected chi connectivity index (χ0v) is 15.9. The zero-order chi connectivity index (χ0) is 13.1. The van der Waals surface area contributed by atoms with E-state index in [2.05, 4.69) is 29.7 Å². The topological polar surface area (TPSA) is 80.1 Å². The van der Waals surface area contributed by atoms with Gasteiger partial charge in [0, 0.05) is 14.7 Å². The van der Waals surface area contributed by atoms with Crippen molar-refractivity contribution in [2.24, 2.45) is 0 Å². The summed E-state index contributed by atoms with van der Waals surface area (Å²) in [5.74, 6) is -1.88. The molecule has 0 saturated heterocycles. The molecule has 0 atom stereocenters. The molecule has 0 saturated carbocycles. The minimum absolute atomic E-state index is 0. The predicted molar refractivity (Wildman–Crippen MR) is 63.5 cm³/mol. The molecule has 6 nitrogen and oxygen atoms in total. The Balaban J connectivity index is 0.00000289. The molecule has 0 radical (unpaired) electrons. The van der Waals surface area contributed by atoms with E-state index in [1.807, 2.05) is 0 Å². The Bertz CT molecular complexity index is 408. The molecule has 0 aliphatic carbocycles. The van der Waals surface area contributed by atoms with Crippen LogP contribution in [0.15, 0.2) is 0 Å². The number of carboxylic acid groups (broad SMARTS) is 1. The van der Waals surface area contributed by atoms with E-state index in [0.717, 1.165) is 6.04 Å². The molecule has 18 heavy (non-hydrogen) atoms. The average molecular weight is 316 g/mol. The van der Waals surface area contributed by atoms with Crippen molar-refractivity contribution < 1.29 is 66.0 Å². The van der Waals surface area contributed by atoms with E-state index < -0.39 is 19.9 Å². The Morgan fingerprint density at radius 1 is 1.50 bits per heavy atom. The molecule has 1 rings (SSSR count). The van der Waals surface area contributed by atoms with Crippen LogP contribution in [-0.2, 0) is 11.5 Å². The summed E-state index contributed by atoms with van der Waals surface area (Å²) < 4.78 is 6.56. The molecule has 0 aliphatic heterocycles. The minimum atomic E-state index is -1.45. The fraction of sp³-hybridized carbons (Fsp3) is 0.667. The molecule has 1 aromatic heterocycles. The van der Waals surface area contributed by atoms with Crippen LogP contribution in [0.4, 0.5) is 0 Å². The molecule has 0 unspecified atom stereocenters. The molecule has 0 N–H and O–H groups in total. The van der Waals surface area contributed by atoms with Crippen LogP contribution in [-0.4, -0.2) is 35.4 Å². The van der Waals surface area contributed by atoms with Crippen molar-refractivity contribution in [1.29, 1.82) is 0 Å². The zero-order valence-electron chi connectivity index (χ0n) is 11.1. The van der Waals surface area contributed by atoms with E-state index in [1.165, 1.54) is 4.68 Å². The summed E-state index contributed by atoms with van der Waals surface area (Å²) in [6.45, 7) is 7.43. The van der Waals surface area contributed by atoms with Crippen molar-refractivity contribution in [1.82, 2.24) is 14.8 Å². The van der Waals surface area contributed by atoms with E-state index in [-0.39, 0.29) is 63.4 Å². The number of aromatic nitrogens is 3. The number of hydrogen-bond donors (Lipinski definition) is 0. The first-order valence-electron chi connectivity index (χ1n) is 5.19. The van der Waals surface area contributed by atoms with Crippen molar-refractivity contribution >= 4 is 25.6 Å². The van der Waals surface area contributed by atoms with Gasteiger partial charge in [0.2, 0.25) is 5.28 Å². The van der Waals surface area contributed by atoms with Gasteiger partial charge in [0.1, 0.15) is 12.7 Å². The second kappa shape index (κ2) is 8.10. The van der Waals surface area contributed by atoms with Crippen LogP contribution in [0.5, 0.6) is 0 Å². The van der Waals surface area contributed by atoms with Gasteiger partial charge in [-0.1, -0.05) is 19.6 Å². The number of carbonyl (C=O) groups is 1.